The van der Waals surface area contributed by atoms with Crippen LogP contribution in [0.4, 0.5) is 18.0 Å². The molecule has 2 aliphatic rings. The number of nitrogens with two attached hydrogens (primary N) is 1. The number of amides is 3. The summed E-state index contributed by atoms with van der Waals surface area (Å²) in [5.74, 6) is -0.983. The van der Waals surface area contributed by atoms with Crippen LogP contribution in [-0.4, -0.2) is 73.0 Å². The van der Waals surface area contributed by atoms with Crippen molar-refractivity contribution in [1.29, 1.82) is 5.41 Å². The van der Waals surface area contributed by atoms with E-state index in [4.69, 9.17) is 5.41 Å². The summed E-state index contributed by atoms with van der Waals surface area (Å²) in [6, 6.07) is -0.236. The molecule has 0 saturated carbocycles. The average molecular weight is 446 g/mol. The number of nitrogens with zero attached hydrogens (tertiary/aromatic N) is 1. The fourth-order valence-corrected chi connectivity index (χ4v) is 3.71. The van der Waals surface area contributed by atoms with Crippen molar-refractivity contribution in [2.24, 2.45) is 0 Å². The first-order chi connectivity index (χ1) is 14.6. The van der Waals surface area contributed by atoms with Gasteiger partial charge in [-0.05, 0) is 20.3 Å². The lowest BCUT2D eigenvalue weighted by Crippen LogP contribution is -2.85. The number of nitrogens with one attached hydrogen (secondary N) is 4. The van der Waals surface area contributed by atoms with Crippen molar-refractivity contribution in [2.45, 2.75) is 57.4 Å². The SMILES string of the molecule is CC1CNCC(C)N1C(=O)NCCNC(=O)/C(=C/[NH2+]C1CC=CCC1)C(=N)C(F)(F)F. The fraction of sp³-hybridized carbons (Fsp3) is 0.650. The van der Waals surface area contributed by atoms with Crippen molar-refractivity contribution in [3.8, 4) is 0 Å². The van der Waals surface area contributed by atoms with E-state index in [0.29, 0.717) is 19.5 Å². The molecule has 0 bridgehead atoms. The number of quaternary nitrogens is 1. The van der Waals surface area contributed by atoms with Gasteiger partial charge in [-0.15, -0.1) is 0 Å². The zero-order valence-corrected chi connectivity index (χ0v) is 17.9. The molecule has 0 aromatic rings. The largest absolute Gasteiger partial charge is 0.433 e. The Morgan fingerprint density at radius 3 is 2.42 bits per heavy atom. The smallest absolute Gasteiger partial charge is 0.350 e. The lowest BCUT2D eigenvalue weighted by Gasteiger charge is -2.39. The summed E-state index contributed by atoms with van der Waals surface area (Å²) < 4.78 is 39.2. The Balaban J connectivity index is 1.89. The third kappa shape index (κ3) is 7.35. The second-order valence-electron chi connectivity index (χ2n) is 7.94. The van der Waals surface area contributed by atoms with Crippen LogP contribution in [0.15, 0.2) is 23.9 Å². The van der Waals surface area contributed by atoms with Crippen molar-refractivity contribution in [2.75, 3.05) is 26.2 Å². The molecule has 1 aliphatic heterocycles. The molecule has 0 aromatic heterocycles. The Labute approximate surface area is 180 Å². The van der Waals surface area contributed by atoms with Gasteiger partial charge in [0.25, 0.3) is 5.91 Å². The number of carbonyl (C=O) groups is 2. The summed E-state index contributed by atoms with van der Waals surface area (Å²) in [5, 5.41) is 17.2. The van der Waals surface area contributed by atoms with Gasteiger partial charge < -0.3 is 26.2 Å². The highest BCUT2D eigenvalue weighted by atomic mass is 19.4. The van der Waals surface area contributed by atoms with Gasteiger partial charge in [0.2, 0.25) is 0 Å². The van der Waals surface area contributed by atoms with Crippen LogP contribution in [0.3, 0.4) is 0 Å². The third-order valence-corrected chi connectivity index (χ3v) is 5.39. The van der Waals surface area contributed by atoms with Gasteiger partial charge in [-0.1, -0.05) is 12.2 Å². The van der Waals surface area contributed by atoms with E-state index in [1.807, 2.05) is 26.0 Å². The van der Waals surface area contributed by atoms with Gasteiger partial charge in [0, 0.05) is 51.1 Å². The number of rotatable bonds is 7. The van der Waals surface area contributed by atoms with E-state index < -0.39 is 23.4 Å². The summed E-state index contributed by atoms with van der Waals surface area (Å²) >= 11 is 0. The van der Waals surface area contributed by atoms with Gasteiger partial charge >= 0.3 is 12.2 Å². The van der Waals surface area contributed by atoms with E-state index in [2.05, 4.69) is 16.0 Å². The predicted octanol–water partition coefficient (Wildman–Crippen LogP) is 0.632. The minimum atomic E-state index is -4.92. The van der Waals surface area contributed by atoms with Gasteiger partial charge in [0.1, 0.15) is 11.8 Å². The Morgan fingerprint density at radius 1 is 1.19 bits per heavy atom. The van der Waals surface area contributed by atoms with Crippen molar-refractivity contribution in [1.82, 2.24) is 20.9 Å². The van der Waals surface area contributed by atoms with Gasteiger partial charge in [0.15, 0.2) is 5.71 Å². The van der Waals surface area contributed by atoms with Crippen molar-refractivity contribution >= 4 is 17.6 Å². The second kappa shape index (κ2) is 11.3. The topological polar surface area (TPSA) is 114 Å². The molecule has 1 heterocycles. The maximum absolute atomic E-state index is 13.1. The molecule has 31 heavy (non-hydrogen) atoms. The Bertz CT molecular complexity index is 712. The highest BCUT2D eigenvalue weighted by molar-refractivity contribution is 6.22. The van der Waals surface area contributed by atoms with Gasteiger partial charge in [0.05, 0.1) is 6.04 Å². The molecular formula is C20H32F3N6O2+. The zero-order chi connectivity index (χ0) is 23.0. The quantitative estimate of drug-likeness (QED) is 0.171. The molecule has 1 saturated heterocycles. The first-order valence-corrected chi connectivity index (χ1v) is 10.5. The minimum absolute atomic E-state index is 0.00491. The molecule has 1 fully saturated rings. The highest BCUT2D eigenvalue weighted by Crippen LogP contribution is 2.20. The van der Waals surface area contributed by atoms with Crippen LogP contribution in [0.5, 0.6) is 0 Å². The molecule has 3 atom stereocenters. The number of piperazine rings is 1. The molecular weight excluding hydrogens is 413 g/mol. The van der Waals surface area contributed by atoms with Gasteiger partial charge in [-0.3, -0.25) is 10.2 Å². The predicted molar refractivity (Wildman–Crippen MR) is 111 cm³/mol. The van der Waals surface area contributed by atoms with E-state index in [0.717, 1.165) is 19.0 Å². The monoisotopic (exact) mass is 445 g/mol. The molecule has 174 valence electrons. The lowest BCUT2D eigenvalue weighted by atomic mass is 10.0. The molecule has 1 aliphatic carbocycles. The van der Waals surface area contributed by atoms with Crippen LogP contribution in [0.1, 0.15) is 33.1 Å². The van der Waals surface area contributed by atoms with E-state index >= 15 is 0 Å². The molecule has 8 nitrogen and oxygen atoms in total. The third-order valence-electron chi connectivity index (χ3n) is 5.39. The molecule has 6 N–H and O–H groups in total. The molecule has 11 heteroatoms. The summed E-state index contributed by atoms with van der Waals surface area (Å²) in [5.41, 5.74) is -2.40. The van der Waals surface area contributed by atoms with Crippen LogP contribution >= 0.6 is 0 Å². The highest BCUT2D eigenvalue weighted by Gasteiger charge is 2.40. The van der Waals surface area contributed by atoms with Crippen molar-refractivity contribution < 1.29 is 28.1 Å². The fourth-order valence-electron chi connectivity index (χ4n) is 3.71. The first kappa shape index (κ1) is 24.9. The summed E-state index contributed by atoms with van der Waals surface area (Å²) in [7, 11) is 0. The zero-order valence-electron chi connectivity index (χ0n) is 17.9. The molecule has 0 spiro atoms. The molecule has 0 radical (unpaired) electrons. The molecule has 3 amide bonds. The lowest BCUT2D eigenvalue weighted by molar-refractivity contribution is -0.627. The maximum atomic E-state index is 13.1. The van der Waals surface area contributed by atoms with E-state index in [1.165, 1.54) is 0 Å². The van der Waals surface area contributed by atoms with Crippen LogP contribution in [0.25, 0.3) is 0 Å². The number of allylic oxidation sites excluding steroid dienone is 1. The van der Waals surface area contributed by atoms with E-state index in [9.17, 15) is 22.8 Å². The number of alkyl halides is 3. The first-order valence-electron chi connectivity index (χ1n) is 10.5. The normalized spacial score (nSPS) is 24.6. The van der Waals surface area contributed by atoms with Crippen molar-refractivity contribution in [3.05, 3.63) is 23.9 Å². The number of hydrogen-bond acceptors (Lipinski definition) is 4. The number of urea groups is 1. The van der Waals surface area contributed by atoms with E-state index in [-0.39, 0.29) is 37.2 Å². The Morgan fingerprint density at radius 2 is 1.84 bits per heavy atom. The van der Waals surface area contributed by atoms with Crippen LogP contribution < -0.4 is 21.3 Å². The summed E-state index contributed by atoms with van der Waals surface area (Å²) in [6.07, 6.45) is 2.45. The van der Waals surface area contributed by atoms with Crippen LogP contribution in [0.2, 0.25) is 0 Å². The summed E-state index contributed by atoms with van der Waals surface area (Å²) in [6.45, 7) is 5.21. The van der Waals surface area contributed by atoms with E-state index in [1.54, 1.807) is 10.2 Å². The second-order valence-corrected chi connectivity index (χ2v) is 7.94. The molecule has 2 rings (SSSR count). The van der Waals surface area contributed by atoms with Crippen LogP contribution in [0, 0.1) is 5.41 Å². The number of halogens is 3. The molecule has 0 aromatic carbocycles. The minimum Gasteiger partial charge on any atom is -0.350 e. The molecule has 3 unspecified atom stereocenters. The van der Waals surface area contributed by atoms with Gasteiger partial charge in [-0.2, -0.15) is 13.2 Å². The van der Waals surface area contributed by atoms with Crippen LogP contribution in [-0.2, 0) is 4.79 Å². The maximum Gasteiger partial charge on any atom is 0.433 e. The Kier molecular flexibility index (Phi) is 9.05. The van der Waals surface area contributed by atoms with Crippen molar-refractivity contribution in [3.63, 3.8) is 0 Å². The average Bonchev–Trinajstić information content (AvgIpc) is 2.71. The standard InChI is InChI=1S/C20H31F3N6O2/c1-13-10-25-11-14(2)29(13)19(31)27-9-8-26-18(30)16(17(24)20(21,22)23)12-28-15-6-4-3-5-7-15/h3-4,12-15,24-25,28H,5-11H2,1-2H3,(H,26,30)(H,27,31)/p+1/b16-12+,24-17?. The number of hydrogen-bond donors (Lipinski definition) is 5. The van der Waals surface area contributed by atoms with Gasteiger partial charge in [-0.25, -0.2) is 4.79 Å². The number of carbonyl (C=O) groups excluding carboxylic acids is 2. The Hall–Kier alpha value is -2.40. The summed E-state index contributed by atoms with van der Waals surface area (Å²) in [4.78, 5) is 26.5.